The summed E-state index contributed by atoms with van der Waals surface area (Å²) in [6.45, 7) is 0. The zero-order chi connectivity index (χ0) is 20.2. The standard InChI is InChI=1S/C22H31N5O2/c1-27-14-23-13-20(27)21-25-18(15-8-10-17(29-2)11-9-15)12-19(26-21)22(28)24-16-6-4-3-5-7-16/h12-17H,3-11H2,1-2H3,(H,24,28). The summed E-state index contributed by atoms with van der Waals surface area (Å²) in [6.07, 6.45) is 13.6. The Labute approximate surface area is 172 Å². The van der Waals surface area contributed by atoms with Crippen LogP contribution in [0.4, 0.5) is 0 Å². The molecule has 2 heterocycles. The lowest BCUT2D eigenvalue weighted by molar-refractivity contribution is 0.0654. The van der Waals surface area contributed by atoms with Gasteiger partial charge in [-0.05, 0) is 44.6 Å². The lowest BCUT2D eigenvalue weighted by Gasteiger charge is -2.27. The van der Waals surface area contributed by atoms with Crippen LogP contribution < -0.4 is 5.32 Å². The number of nitrogens with zero attached hydrogens (tertiary/aromatic N) is 4. The number of hydrogen-bond acceptors (Lipinski definition) is 5. The van der Waals surface area contributed by atoms with Crippen molar-refractivity contribution in [1.82, 2.24) is 24.8 Å². The summed E-state index contributed by atoms with van der Waals surface area (Å²) in [5, 5.41) is 3.20. The molecule has 2 aliphatic carbocycles. The quantitative estimate of drug-likeness (QED) is 0.833. The minimum atomic E-state index is -0.0884. The van der Waals surface area contributed by atoms with E-state index in [2.05, 4.69) is 15.3 Å². The fourth-order valence-corrected chi connectivity index (χ4v) is 4.58. The van der Waals surface area contributed by atoms with E-state index in [-0.39, 0.29) is 11.9 Å². The van der Waals surface area contributed by atoms with Crippen molar-refractivity contribution in [3.8, 4) is 11.5 Å². The maximum atomic E-state index is 13.0. The number of carbonyl (C=O) groups excluding carboxylic acids is 1. The van der Waals surface area contributed by atoms with Gasteiger partial charge in [0.05, 0.1) is 18.6 Å². The highest BCUT2D eigenvalue weighted by Crippen LogP contribution is 2.34. The van der Waals surface area contributed by atoms with Gasteiger partial charge in [-0.25, -0.2) is 15.0 Å². The van der Waals surface area contributed by atoms with Crippen molar-refractivity contribution >= 4 is 5.91 Å². The van der Waals surface area contributed by atoms with Gasteiger partial charge in [-0.15, -0.1) is 0 Å². The average molecular weight is 398 g/mol. The Balaban J connectivity index is 1.61. The molecule has 0 aliphatic heterocycles. The van der Waals surface area contributed by atoms with Crippen LogP contribution in [0.5, 0.6) is 0 Å². The fraction of sp³-hybridized carbons (Fsp3) is 0.636. The molecular formula is C22H31N5O2. The van der Waals surface area contributed by atoms with Gasteiger partial charge in [0, 0.05) is 31.8 Å². The number of aryl methyl sites for hydroxylation is 1. The first-order valence-electron chi connectivity index (χ1n) is 10.8. The van der Waals surface area contributed by atoms with Crippen molar-refractivity contribution in [2.45, 2.75) is 75.9 Å². The van der Waals surface area contributed by atoms with Crippen LogP contribution in [-0.2, 0) is 11.8 Å². The predicted molar refractivity (Wildman–Crippen MR) is 111 cm³/mol. The van der Waals surface area contributed by atoms with Gasteiger partial charge in [0.15, 0.2) is 5.82 Å². The average Bonchev–Trinajstić information content (AvgIpc) is 3.20. The zero-order valence-electron chi connectivity index (χ0n) is 17.4. The van der Waals surface area contributed by atoms with Gasteiger partial charge < -0.3 is 14.6 Å². The Bertz CT molecular complexity index is 835. The van der Waals surface area contributed by atoms with E-state index < -0.39 is 0 Å². The normalized spacial score (nSPS) is 23.1. The van der Waals surface area contributed by atoms with Gasteiger partial charge in [-0.3, -0.25) is 4.79 Å². The fourth-order valence-electron chi connectivity index (χ4n) is 4.58. The van der Waals surface area contributed by atoms with Gasteiger partial charge in [-0.2, -0.15) is 0 Å². The van der Waals surface area contributed by atoms with Gasteiger partial charge in [0.2, 0.25) is 0 Å². The molecule has 0 radical (unpaired) electrons. The molecule has 156 valence electrons. The molecule has 0 saturated heterocycles. The SMILES string of the molecule is COC1CCC(c2cc(C(=O)NC3CCCCC3)nc(-c3cncn3C)n2)CC1. The Morgan fingerprint density at radius 1 is 1.10 bits per heavy atom. The Kier molecular flexibility index (Phi) is 6.23. The molecule has 2 aliphatic rings. The van der Waals surface area contributed by atoms with Crippen molar-refractivity contribution in [2.24, 2.45) is 7.05 Å². The third-order valence-corrected chi connectivity index (χ3v) is 6.39. The van der Waals surface area contributed by atoms with E-state index in [1.807, 2.05) is 17.7 Å². The molecule has 2 aromatic heterocycles. The van der Waals surface area contributed by atoms with Gasteiger partial charge in [-0.1, -0.05) is 19.3 Å². The molecular weight excluding hydrogens is 366 g/mol. The van der Waals surface area contributed by atoms with Crippen LogP contribution in [0.25, 0.3) is 11.5 Å². The van der Waals surface area contributed by atoms with E-state index in [0.717, 1.165) is 49.9 Å². The smallest absolute Gasteiger partial charge is 0.270 e. The van der Waals surface area contributed by atoms with E-state index in [1.165, 1.54) is 19.3 Å². The summed E-state index contributed by atoms with van der Waals surface area (Å²) < 4.78 is 7.40. The number of carbonyl (C=O) groups is 1. The van der Waals surface area contributed by atoms with Crippen molar-refractivity contribution in [2.75, 3.05) is 7.11 Å². The highest BCUT2D eigenvalue weighted by atomic mass is 16.5. The van der Waals surface area contributed by atoms with Crippen molar-refractivity contribution < 1.29 is 9.53 Å². The summed E-state index contributed by atoms with van der Waals surface area (Å²) >= 11 is 0. The zero-order valence-corrected chi connectivity index (χ0v) is 17.4. The number of ether oxygens (including phenoxy) is 1. The van der Waals surface area contributed by atoms with Gasteiger partial charge in [0.25, 0.3) is 5.91 Å². The largest absolute Gasteiger partial charge is 0.381 e. The van der Waals surface area contributed by atoms with Crippen LogP contribution in [0.15, 0.2) is 18.6 Å². The summed E-state index contributed by atoms with van der Waals surface area (Å²) in [6, 6.07) is 2.16. The molecule has 4 rings (SSSR count). The number of hydrogen-bond donors (Lipinski definition) is 1. The number of methoxy groups -OCH3 is 1. The minimum absolute atomic E-state index is 0.0884. The van der Waals surface area contributed by atoms with Crippen molar-refractivity contribution in [3.63, 3.8) is 0 Å². The molecule has 2 aromatic rings. The number of aromatic nitrogens is 4. The van der Waals surface area contributed by atoms with E-state index >= 15 is 0 Å². The van der Waals surface area contributed by atoms with Crippen LogP contribution in [0.3, 0.4) is 0 Å². The van der Waals surface area contributed by atoms with Crippen molar-refractivity contribution in [3.05, 3.63) is 30.0 Å². The lowest BCUT2D eigenvalue weighted by atomic mass is 9.85. The monoisotopic (exact) mass is 397 g/mol. The predicted octanol–water partition coefficient (Wildman–Crippen LogP) is 3.61. The third kappa shape index (κ3) is 4.66. The first-order chi connectivity index (χ1) is 14.1. The number of nitrogens with one attached hydrogen (secondary N) is 1. The summed E-state index contributed by atoms with van der Waals surface area (Å²) in [4.78, 5) is 26.7. The number of amides is 1. The second kappa shape index (κ2) is 9.03. The van der Waals surface area contributed by atoms with Crippen molar-refractivity contribution in [1.29, 1.82) is 0 Å². The summed E-state index contributed by atoms with van der Waals surface area (Å²) in [7, 11) is 3.70. The minimum Gasteiger partial charge on any atom is -0.381 e. The summed E-state index contributed by atoms with van der Waals surface area (Å²) in [5.74, 6) is 0.817. The maximum Gasteiger partial charge on any atom is 0.270 e. The molecule has 2 saturated carbocycles. The molecule has 1 N–H and O–H groups in total. The first kappa shape index (κ1) is 20.0. The summed E-state index contributed by atoms with van der Waals surface area (Å²) in [5.41, 5.74) is 2.24. The number of rotatable bonds is 5. The highest BCUT2D eigenvalue weighted by molar-refractivity contribution is 5.93. The number of imidazole rings is 1. The van der Waals surface area contributed by atoms with Gasteiger partial charge in [0.1, 0.15) is 11.4 Å². The van der Waals surface area contributed by atoms with E-state index in [4.69, 9.17) is 9.72 Å². The van der Waals surface area contributed by atoms with E-state index in [9.17, 15) is 4.79 Å². The molecule has 0 atom stereocenters. The second-order valence-electron chi connectivity index (χ2n) is 8.41. The third-order valence-electron chi connectivity index (χ3n) is 6.39. The van der Waals surface area contributed by atoms with Crippen LogP contribution in [0, 0.1) is 0 Å². The molecule has 7 nitrogen and oxygen atoms in total. The van der Waals surface area contributed by atoms with Crippen LogP contribution in [0.1, 0.15) is 79.9 Å². The molecule has 29 heavy (non-hydrogen) atoms. The molecule has 7 heteroatoms. The maximum absolute atomic E-state index is 13.0. The molecule has 0 aromatic carbocycles. The lowest BCUT2D eigenvalue weighted by Crippen LogP contribution is -2.36. The Morgan fingerprint density at radius 2 is 1.86 bits per heavy atom. The second-order valence-corrected chi connectivity index (χ2v) is 8.41. The molecule has 0 bridgehead atoms. The van der Waals surface area contributed by atoms with Crippen LogP contribution in [-0.4, -0.2) is 44.7 Å². The highest BCUT2D eigenvalue weighted by Gasteiger charge is 2.26. The molecule has 0 unspecified atom stereocenters. The Morgan fingerprint density at radius 3 is 2.52 bits per heavy atom. The van der Waals surface area contributed by atoms with E-state index in [0.29, 0.717) is 23.5 Å². The van der Waals surface area contributed by atoms with Crippen LogP contribution in [0.2, 0.25) is 0 Å². The Hall–Kier alpha value is -2.28. The molecule has 0 spiro atoms. The van der Waals surface area contributed by atoms with Gasteiger partial charge >= 0.3 is 0 Å². The molecule has 2 fully saturated rings. The molecule has 1 amide bonds. The topological polar surface area (TPSA) is 81.9 Å². The first-order valence-corrected chi connectivity index (χ1v) is 10.8. The van der Waals surface area contributed by atoms with E-state index in [1.54, 1.807) is 19.6 Å². The van der Waals surface area contributed by atoms with Crippen LogP contribution >= 0.6 is 0 Å².